The molecule has 108 valence electrons. The third-order valence-corrected chi connectivity index (χ3v) is 3.52. The smallest absolute Gasteiger partial charge is 0.102 e. The van der Waals surface area contributed by atoms with Crippen molar-refractivity contribution in [3.63, 3.8) is 0 Å². The summed E-state index contributed by atoms with van der Waals surface area (Å²) >= 11 is 0. The summed E-state index contributed by atoms with van der Waals surface area (Å²) in [6.07, 6.45) is 1.23. The zero-order valence-electron chi connectivity index (χ0n) is 13.9. The van der Waals surface area contributed by atoms with Gasteiger partial charge in [0.15, 0.2) is 0 Å². The van der Waals surface area contributed by atoms with Gasteiger partial charge in [-0.05, 0) is 30.7 Å². The third-order valence-electron chi connectivity index (χ3n) is 3.52. The van der Waals surface area contributed by atoms with Crippen molar-refractivity contribution in [2.24, 2.45) is 5.41 Å². The number of nitrogens with two attached hydrogens (primary N) is 1. The molecule has 1 aromatic rings. The molecule has 0 aliphatic heterocycles. The molecule has 2 N–H and O–H groups in total. The molecular weight excluding hydrogens is 230 g/mol. The number of benzene rings is 1. The predicted molar refractivity (Wildman–Crippen MR) is 84.3 cm³/mol. The van der Waals surface area contributed by atoms with Gasteiger partial charge in [0.1, 0.15) is 6.54 Å². The first-order valence-corrected chi connectivity index (χ1v) is 7.52. The number of hydrogen-bond acceptors (Lipinski definition) is 0. The highest BCUT2D eigenvalue weighted by molar-refractivity contribution is 5.23. The van der Waals surface area contributed by atoms with Crippen molar-refractivity contribution >= 4 is 0 Å². The zero-order chi connectivity index (χ0) is 14.7. The van der Waals surface area contributed by atoms with Gasteiger partial charge in [0.05, 0.1) is 5.54 Å². The molecule has 0 spiro atoms. The van der Waals surface area contributed by atoms with Gasteiger partial charge in [0.2, 0.25) is 0 Å². The van der Waals surface area contributed by atoms with Gasteiger partial charge in [0.25, 0.3) is 0 Å². The molecule has 0 saturated carbocycles. The Hall–Kier alpha value is -0.820. The molecule has 0 bridgehead atoms. The van der Waals surface area contributed by atoms with Crippen molar-refractivity contribution in [3.05, 3.63) is 35.4 Å². The Labute approximate surface area is 119 Å². The molecule has 0 fully saturated rings. The van der Waals surface area contributed by atoms with E-state index < -0.39 is 0 Å². The van der Waals surface area contributed by atoms with Gasteiger partial charge in [-0.2, -0.15) is 0 Å². The van der Waals surface area contributed by atoms with Crippen LogP contribution in [-0.4, -0.2) is 5.54 Å². The highest BCUT2D eigenvalue weighted by Crippen LogP contribution is 2.24. The summed E-state index contributed by atoms with van der Waals surface area (Å²) in [5.74, 6) is 0.621. The second kappa shape index (κ2) is 6.09. The van der Waals surface area contributed by atoms with E-state index in [1.165, 1.54) is 17.5 Å². The van der Waals surface area contributed by atoms with Crippen LogP contribution in [0.5, 0.6) is 0 Å². The molecule has 0 heterocycles. The molecule has 1 aromatic carbocycles. The lowest BCUT2D eigenvalue weighted by atomic mass is 9.82. The van der Waals surface area contributed by atoms with Gasteiger partial charge in [0, 0.05) is 12.0 Å². The average Bonchev–Trinajstić information content (AvgIpc) is 2.24. The summed E-state index contributed by atoms with van der Waals surface area (Å²) in [5, 5.41) is 2.47. The molecule has 0 amide bonds. The maximum absolute atomic E-state index is 2.47. The minimum atomic E-state index is 0.301. The lowest BCUT2D eigenvalue weighted by Crippen LogP contribution is -2.94. The van der Waals surface area contributed by atoms with E-state index in [-0.39, 0.29) is 0 Å². The molecule has 19 heavy (non-hydrogen) atoms. The van der Waals surface area contributed by atoms with Crippen molar-refractivity contribution in [1.82, 2.24) is 0 Å². The first kappa shape index (κ1) is 16.2. The topological polar surface area (TPSA) is 16.6 Å². The van der Waals surface area contributed by atoms with Crippen molar-refractivity contribution < 1.29 is 5.32 Å². The summed E-state index contributed by atoms with van der Waals surface area (Å²) in [4.78, 5) is 0. The molecule has 1 rings (SSSR count). The van der Waals surface area contributed by atoms with E-state index in [0.29, 0.717) is 16.9 Å². The second-order valence-electron chi connectivity index (χ2n) is 8.03. The van der Waals surface area contributed by atoms with Crippen LogP contribution in [0.15, 0.2) is 24.3 Å². The number of hydrogen-bond donors (Lipinski definition) is 1. The van der Waals surface area contributed by atoms with Crippen LogP contribution < -0.4 is 5.32 Å². The summed E-state index contributed by atoms with van der Waals surface area (Å²) in [6, 6.07) is 9.09. The fourth-order valence-corrected chi connectivity index (χ4v) is 2.87. The number of rotatable bonds is 5. The van der Waals surface area contributed by atoms with Crippen molar-refractivity contribution in [3.8, 4) is 0 Å². The Morgan fingerprint density at radius 1 is 0.947 bits per heavy atom. The first-order valence-electron chi connectivity index (χ1n) is 7.52. The molecule has 0 unspecified atom stereocenters. The SMILES string of the molecule is CC(C)c1ccc(C[NH2+]C(C)(C)CC(C)(C)C)cc1. The van der Waals surface area contributed by atoms with Gasteiger partial charge in [-0.25, -0.2) is 0 Å². The third kappa shape index (κ3) is 6.24. The first-order chi connectivity index (χ1) is 8.59. The zero-order valence-corrected chi connectivity index (χ0v) is 13.9. The lowest BCUT2D eigenvalue weighted by Gasteiger charge is -2.30. The normalized spacial score (nSPS) is 13.1. The molecule has 0 radical (unpaired) electrons. The van der Waals surface area contributed by atoms with E-state index in [4.69, 9.17) is 0 Å². The van der Waals surface area contributed by atoms with Crippen LogP contribution in [0.25, 0.3) is 0 Å². The van der Waals surface area contributed by atoms with E-state index in [2.05, 4.69) is 78.0 Å². The Bertz CT molecular complexity index is 379. The largest absolute Gasteiger partial charge is 0.338 e. The summed E-state index contributed by atoms with van der Waals surface area (Å²) in [5.41, 5.74) is 3.54. The summed E-state index contributed by atoms with van der Waals surface area (Å²) in [6.45, 7) is 17.2. The Morgan fingerprint density at radius 2 is 1.47 bits per heavy atom. The van der Waals surface area contributed by atoms with E-state index in [1.807, 2.05) is 0 Å². The van der Waals surface area contributed by atoms with Gasteiger partial charge in [-0.1, -0.05) is 58.9 Å². The molecule has 0 saturated heterocycles. The van der Waals surface area contributed by atoms with Crippen molar-refractivity contribution in [2.75, 3.05) is 0 Å². The van der Waals surface area contributed by atoms with Crippen molar-refractivity contribution in [1.29, 1.82) is 0 Å². The fraction of sp³-hybridized carbons (Fsp3) is 0.667. The molecule has 1 heteroatoms. The lowest BCUT2D eigenvalue weighted by molar-refractivity contribution is -0.737. The van der Waals surface area contributed by atoms with Gasteiger partial charge in [-0.3, -0.25) is 0 Å². The van der Waals surface area contributed by atoms with E-state index in [1.54, 1.807) is 0 Å². The van der Waals surface area contributed by atoms with Crippen LogP contribution in [0, 0.1) is 5.41 Å². The van der Waals surface area contributed by atoms with Crippen LogP contribution in [0.1, 0.15) is 71.9 Å². The highest BCUT2D eigenvalue weighted by Gasteiger charge is 2.28. The van der Waals surface area contributed by atoms with E-state index in [0.717, 1.165) is 6.54 Å². The fourth-order valence-electron chi connectivity index (χ4n) is 2.87. The maximum atomic E-state index is 2.47. The Balaban J connectivity index is 2.56. The molecule has 0 aliphatic rings. The average molecular weight is 262 g/mol. The van der Waals surface area contributed by atoms with E-state index in [9.17, 15) is 0 Å². The minimum absolute atomic E-state index is 0.301. The van der Waals surface area contributed by atoms with Crippen LogP contribution in [-0.2, 0) is 6.54 Å². The molecule has 0 aliphatic carbocycles. The van der Waals surface area contributed by atoms with Crippen molar-refractivity contribution in [2.45, 2.75) is 72.9 Å². The summed E-state index contributed by atoms with van der Waals surface area (Å²) in [7, 11) is 0. The molecule has 0 atom stereocenters. The Morgan fingerprint density at radius 3 is 1.89 bits per heavy atom. The molecule has 0 aromatic heterocycles. The van der Waals surface area contributed by atoms with Crippen LogP contribution in [0.3, 0.4) is 0 Å². The highest BCUT2D eigenvalue weighted by atomic mass is 14.9. The number of quaternary nitrogens is 1. The standard InChI is InChI=1S/C18H31N/c1-14(2)16-10-8-15(9-11-16)12-19-18(6,7)13-17(3,4)5/h8-11,14,19H,12-13H2,1-7H3/p+1. The maximum Gasteiger partial charge on any atom is 0.102 e. The Kier molecular flexibility index (Phi) is 5.20. The van der Waals surface area contributed by atoms with Gasteiger partial charge >= 0.3 is 0 Å². The van der Waals surface area contributed by atoms with Gasteiger partial charge < -0.3 is 5.32 Å². The minimum Gasteiger partial charge on any atom is -0.338 e. The van der Waals surface area contributed by atoms with Crippen LogP contribution >= 0.6 is 0 Å². The summed E-state index contributed by atoms with van der Waals surface area (Å²) < 4.78 is 0. The quantitative estimate of drug-likeness (QED) is 0.823. The monoisotopic (exact) mass is 262 g/mol. The van der Waals surface area contributed by atoms with E-state index >= 15 is 0 Å². The molecular formula is C18H32N+. The van der Waals surface area contributed by atoms with Gasteiger partial charge in [-0.15, -0.1) is 0 Å². The predicted octanol–water partition coefficient (Wildman–Crippen LogP) is 4.09. The molecule has 1 nitrogen and oxygen atoms in total. The van der Waals surface area contributed by atoms with Crippen LogP contribution in [0.4, 0.5) is 0 Å². The van der Waals surface area contributed by atoms with Crippen LogP contribution in [0.2, 0.25) is 0 Å². The second-order valence-corrected chi connectivity index (χ2v) is 8.03.